The van der Waals surface area contributed by atoms with Crippen LogP contribution in [0.25, 0.3) is 0 Å². The van der Waals surface area contributed by atoms with Crippen molar-refractivity contribution in [2.24, 2.45) is 12.8 Å². The van der Waals surface area contributed by atoms with E-state index in [1.807, 2.05) is 7.05 Å². The van der Waals surface area contributed by atoms with Crippen molar-refractivity contribution in [3.05, 3.63) is 52.6 Å². The number of hydrogen-bond donors (Lipinski definition) is 3. The molecular weight excluding hydrogens is 394 g/mol. The molecule has 3 heterocycles. The molecule has 2 aliphatic heterocycles. The Morgan fingerprint density at radius 2 is 2.07 bits per heavy atom. The topological polar surface area (TPSA) is 113 Å². The van der Waals surface area contributed by atoms with Gasteiger partial charge >= 0.3 is 0 Å². The second-order valence-electron chi connectivity index (χ2n) is 7.75. The van der Waals surface area contributed by atoms with Gasteiger partial charge in [-0.25, -0.2) is 13.8 Å². The van der Waals surface area contributed by atoms with Gasteiger partial charge in [0.05, 0.1) is 18.0 Å². The third-order valence-electron chi connectivity index (χ3n) is 5.64. The molecule has 0 amide bonds. The molecule has 0 radical (unpaired) electrons. The number of fused-ring (bicyclic) bond motifs is 1. The van der Waals surface area contributed by atoms with Gasteiger partial charge in [-0.1, -0.05) is 0 Å². The highest BCUT2D eigenvalue weighted by molar-refractivity contribution is 5.96. The van der Waals surface area contributed by atoms with Crippen LogP contribution >= 0.6 is 0 Å². The number of aromatic nitrogens is 2. The Balaban J connectivity index is 1.43. The van der Waals surface area contributed by atoms with Crippen LogP contribution in [-0.4, -0.2) is 44.9 Å². The fourth-order valence-electron chi connectivity index (χ4n) is 4.17. The van der Waals surface area contributed by atoms with E-state index in [-0.39, 0.29) is 23.4 Å². The van der Waals surface area contributed by atoms with Crippen LogP contribution in [-0.2, 0) is 29.6 Å². The molecule has 0 saturated carbocycles. The fourth-order valence-corrected chi connectivity index (χ4v) is 4.17. The average molecular weight is 418 g/mol. The lowest BCUT2D eigenvalue weighted by Gasteiger charge is -2.38. The number of benzene rings is 1. The van der Waals surface area contributed by atoms with E-state index in [0.29, 0.717) is 31.9 Å². The Morgan fingerprint density at radius 1 is 1.30 bits per heavy atom. The predicted molar refractivity (Wildman–Crippen MR) is 105 cm³/mol. The van der Waals surface area contributed by atoms with Crippen molar-refractivity contribution in [1.82, 2.24) is 14.5 Å². The van der Waals surface area contributed by atoms with E-state index < -0.39 is 23.8 Å². The summed E-state index contributed by atoms with van der Waals surface area (Å²) in [6, 6.07) is 2.86. The number of halogens is 2. The van der Waals surface area contributed by atoms with Gasteiger partial charge in [0.1, 0.15) is 17.7 Å². The zero-order valence-electron chi connectivity index (χ0n) is 16.8. The van der Waals surface area contributed by atoms with E-state index in [2.05, 4.69) is 9.88 Å². The summed E-state index contributed by atoms with van der Waals surface area (Å²) < 4.78 is 40.4. The van der Waals surface area contributed by atoms with Crippen molar-refractivity contribution in [1.29, 1.82) is 10.8 Å². The summed E-state index contributed by atoms with van der Waals surface area (Å²) in [7, 11) is 1.81. The van der Waals surface area contributed by atoms with Gasteiger partial charge in [-0.05, 0) is 24.6 Å². The zero-order chi connectivity index (χ0) is 21.6. The first kappa shape index (κ1) is 20.6. The standard InChI is InChI=1S/C20H24F2N6O2/c1-10(23)30-19(25)20-26-16-7-28(8-17(16)27(20)2)12-6-15(24)18(29-9-12)13-5-11(21)3-4-14(13)22/h3-5,12,15,18,23,25H,6-9,24H2,1-2H3/t12?,15?,18-/m1/s1. The van der Waals surface area contributed by atoms with Crippen LogP contribution < -0.4 is 5.73 Å². The van der Waals surface area contributed by atoms with E-state index in [1.54, 1.807) is 4.57 Å². The molecule has 2 aliphatic rings. The highest BCUT2D eigenvalue weighted by Gasteiger charge is 2.38. The zero-order valence-corrected chi connectivity index (χ0v) is 16.8. The van der Waals surface area contributed by atoms with E-state index >= 15 is 0 Å². The number of nitrogens with zero attached hydrogens (tertiary/aromatic N) is 3. The summed E-state index contributed by atoms with van der Waals surface area (Å²) in [5.41, 5.74) is 8.24. The van der Waals surface area contributed by atoms with Crippen LogP contribution in [0, 0.1) is 22.5 Å². The Bertz CT molecular complexity index is 1010. The molecule has 160 valence electrons. The summed E-state index contributed by atoms with van der Waals surface area (Å²) in [5, 5.41) is 15.3. The molecule has 1 fully saturated rings. The smallest absolute Gasteiger partial charge is 0.257 e. The van der Waals surface area contributed by atoms with Gasteiger partial charge in [-0.3, -0.25) is 15.7 Å². The van der Waals surface area contributed by atoms with Crippen LogP contribution in [0.15, 0.2) is 18.2 Å². The van der Waals surface area contributed by atoms with Gasteiger partial charge in [-0.2, -0.15) is 0 Å². The van der Waals surface area contributed by atoms with Crippen molar-refractivity contribution in [3.63, 3.8) is 0 Å². The van der Waals surface area contributed by atoms with E-state index in [9.17, 15) is 8.78 Å². The van der Waals surface area contributed by atoms with Gasteiger partial charge in [0.2, 0.25) is 0 Å². The van der Waals surface area contributed by atoms with Crippen LogP contribution in [0.1, 0.15) is 42.2 Å². The van der Waals surface area contributed by atoms with Crippen LogP contribution in [0.2, 0.25) is 0 Å². The molecule has 0 aliphatic carbocycles. The Hall–Kier alpha value is -2.69. The Kier molecular flexibility index (Phi) is 5.39. The normalized spacial score (nSPS) is 24.0. The highest BCUT2D eigenvalue weighted by Crippen LogP contribution is 2.34. The maximum absolute atomic E-state index is 14.1. The third kappa shape index (κ3) is 3.73. The molecule has 8 nitrogen and oxygen atoms in total. The summed E-state index contributed by atoms with van der Waals surface area (Å²) in [6.45, 7) is 2.98. The first-order chi connectivity index (χ1) is 14.2. The van der Waals surface area contributed by atoms with Crippen molar-refractivity contribution in [2.45, 2.75) is 44.6 Å². The van der Waals surface area contributed by atoms with Crippen LogP contribution in [0.4, 0.5) is 8.78 Å². The molecule has 2 unspecified atom stereocenters. The molecule has 30 heavy (non-hydrogen) atoms. The Morgan fingerprint density at radius 3 is 2.73 bits per heavy atom. The summed E-state index contributed by atoms with van der Waals surface area (Å²) in [6.07, 6.45) is -0.110. The van der Waals surface area contributed by atoms with Crippen LogP contribution in [0.3, 0.4) is 0 Å². The highest BCUT2D eigenvalue weighted by atomic mass is 19.1. The largest absolute Gasteiger partial charge is 0.422 e. The van der Waals surface area contributed by atoms with Crippen molar-refractivity contribution in [2.75, 3.05) is 6.61 Å². The molecule has 1 aromatic heterocycles. The van der Waals surface area contributed by atoms with Crippen molar-refractivity contribution < 1.29 is 18.3 Å². The first-order valence-electron chi connectivity index (χ1n) is 9.67. The van der Waals surface area contributed by atoms with Gasteiger partial charge < -0.3 is 19.8 Å². The number of nitrogens with one attached hydrogen (secondary N) is 2. The molecule has 4 rings (SSSR count). The van der Waals surface area contributed by atoms with E-state index in [0.717, 1.165) is 29.6 Å². The minimum Gasteiger partial charge on any atom is -0.422 e. The number of rotatable bonds is 3. The molecule has 0 spiro atoms. The number of ether oxygens (including phenoxy) is 2. The molecule has 3 atom stereocenters. The quantitative estimate of drug-likeness (QED) is 0.523. The lowest BCUT2D eigenvalue weighted by Crippen LogP contribution is -2.48. The van der Waals surface area contributed by atoms with Crippen molar-refractivity contribution in [3.8, 4) is 0 Å². The van der Waals surface area contributed by atoms with Crippen molar-refractivity contribution >= 4 is 11.8 Å². The van der Waals surface area contributed by atoms with E-state index in [4.69, 9.17) is 26.0 Å². The maximum atomic E-state index is 14.1. The number of hydrogen-bond acceptors (Lipinski definition) is 7. The minimum absolute atomic E-state index is 0.0186. The lowest BCUT2D eigenvalue weighted by molar-refractivity contribution is -0.0535. The molecule has 2 aromatic rings. The van der Waals surface area contributed by atoms with Crippen LogP contribution in [0.5, 0.6) is 0 Å². The molecule has 0 bridgehead atoms. The second-order valence-corrected chi connectivity index (χ2v) is 7.75. The second kappa shape index (κ2) is 7.86. The molecule has 1 saturated heterocycles. The molecule has 4 N–H and O–H groups in total. The lowest BCUT2D eigenvalue weighted by atomic mass is 9.93. The van der Waals surface area contributed by atoms with Gasteiger partial charge in [0, 0.05) is 44.7 Å². The minimum atomic E-state index is -0.686. The maximum Gasteiger partial charge on any atom is 0.257 e. The molecular formula is C20H24F2N6O2. The summed E-state index contributed by atoms with van der Waals surface area (Å²) in [5.74, 6) is -0.889. The predicted octanol–water partition coefficient (Wildman–Crippen LogP) is 2.21. The summed E-state index contributed by atoms with van der Waals surface area (Å²) >= 11 is 0. The SMILES string of the molecule is CC(=N)OC(=N)c1nc2c(n1C)CN(C1CO[C@H](c3cc(F)ccc3F)C(N)C1)C2. The van der Waals surface area contributed by atoms with Gasteiger partial charge in [-0.15, -0.1) is 0 Å². The first-order valence-corrected chi connectivity index (χ1v) is 9.67. The number of nitrogens with two attached hydrogens (primary N) is 1. The summed E-state index contributed by atoms with van der Waals surface area (Å²) in [4.78, 5) is 6.69. The average Bonchev–Trinajstić information content (AvgIpc) is 3.23. The monoisotopic (exact) mass is 418 g/mol. The fraction of sp³-hybridized carbons (Fsp3) is 0.450. The number of imidazole rings is 1. The van der Waals surface area contributed by atoms with Gasteiger partial charge in [0.25, 0.3) is 5.90 Å². The van der Waals surface area contributed by atoms with Gasteiger partial charge in [0.15, 0.2) is 11.7 Å². The van der Waals surface area contributed by atoms with E-state index in [1.165, 1.54) is 6.92 Å². The molecule has 1 aromatic carbocycles. The Labute approximate surface area is 172 Å². The molecule has 10 heteroatoms. The third-order valence-corrected chi connectivity index (χ3v) is 5.64.